The van der Waals surface area contributed by atoms with Crippen LogP contribution in [-0.2, 0) is 0 Å². The molecule has 1 rings (SSSR count). The number of hydrogen-bond donors (Lipinski definition) is 1. The van der Waals surface area contributed by atoms with Crippen LogP contribution in [0, 0.1) is 0 Å². The van der Waals surface area contributed by atoms with Crippen molar-refractivity contribution >= 4 is 0 Å². The normalized spacial score (nSPS) is 22.3. The number of nitrogens with one attached hydrogen (secondary N) is 1. The first-order chi connectivity index (χ1) is 6.33. The fourth-order valence-corrected chi connectivity index (χ4v) is 1.52. The predicted octanol–water partition coefficient (Wildman–Crippen LogP) is 1.80. The largest absolute Gasteiger partial charge is 0.242 e. The molecular formula is C9H20N4. The lowest BCUT2D eigenvalue weighted by Crippen LogP contribution is -2.45. The van der Waals surface area contributed by atoms with Gasteiger partial charge in [-0.1, -0.05) is 6.42 Å². The number of azo groups is 1. The van der Waals surface area contributed by atoms with E-state index in [9.17, 15) is 0 Å². The summed E-state index contributed by atoms with van der Waals surface area (Å²) < 4.78 is 0. The zero-order chi connectivity index (χ0) is 9.52. The molecule has 0 aromatic carbocycles. The molecule has 76 valence electrons. The molecule has 0 saturated carbocycles. The molecule has 13 heavy (non-hydrogen) atoms. The first-order valence-corrected chi connectivity index (χ1v) is 5.20. The van der Waals surface area contributed by atoms with Crippen LogP contribution in [0.4, 0.5) is 0 Å². The van der Waals surface area contributed by atoms with Gasteiger partial charge in [-0.15, -0.1) is 0 Å². The van der Waals surface area contributed by atoms with E-state index in [1.807, 2.05) is 13.8 Å². The van der Waals surface area contributed by atoms with Crippen molar-refractivity contribution in [3.63, 3.8) is 0 Å². The van der Waals surface area contributed by atoms with Crippen molar-refractivity contribution in [3.8, 4) is 0 Å². The van der Waals surface area contributed by atoms with Gasteiger partial charge in [-0.25, -0.2) is 10.4 Å². The van der Waals surface area contributed by atoms with Gasteiger partial charge < -0.3 is 0 Å². The van der Waals surface area contributed by atoms with Crippen molar-refractivity contribution in [2.75, 3.05) is 19.6 Å². The summed E-state index contributed by atoms with van der Waals surface area (Å²) in [4.78, 5) is 0. The third-order valence-corrected chi connectivity index (χ3v) is 2.12. The standard InChI is InChI=1S/C9H20N4/c1-3-10-11-9(2)12-13-7-5-4-6-8-13/h9,12H,3-8H2,1-2H3. The smallest absolute Gasteiger partial charge is 0.130 e. The molecule has 0 aromatic heterocycles. The Morgan fingerprint density at radius 2 is 2.00 bits per heavy atom. The molecule has 1 heterocycles. The Morgan fingerprint density at radius 3 is 2.62 bits per heavy atom. The maximum absolute atomic E-state index is 4.11. The third kappa shape index (κ3) is 4.33. The van der Waals surface area contributed by atoms with E-state index < -0.39 is 0 Å². The van der Waals surface area contributed by atoms with Crippen molar-refractivity contribution in [2.45, 2.75) is 39.3 Å². The summed E-state index contributed by atoms with van der Waals surface area (Å²) in [6, 6.07) is 0. The van der Waals surface area contributed by atoms with Gasteiger partial charge in [0, 0.05) is 13.1 Å². The number of hydrazine groups is 1. The molecule has 1 atom stereocenters. The highest BCUT2D eigenvalue weighted by molar-refractivity contribution is 4.62. The van der Waals surface area contributed by atoms with Crippen LogP contribution in [-0.4, -0.2) is 30.8 Å². The predicted molar refractivity (Wildman–Crippen MR) is 53.4 cm³/mol. The summed E-state index contributed by atoms with van der Waals surface area (Å²) in [6.45, 7) is 7.09. The van der Waals surface area contributed by atoms with E-state index in [0.29, 0.717) is 0 Å². The zero-order valence-electron chi connectivity index (χ0n) is 8.66. The Hall–Kier alpha value is -0.480. The van der Waals surface area contributed by atoms with E-state index in [1.165, 1.54) is 19.3 Å². The van der Waals surface area contributed by atoms with E-state index in [0.717, 1.165) is 19.6 Å². The minimum absolute atomic E-state index is 0.123. The maximum Gasteiger partial charge on any atom is 0.130 e. The van der Waals surface area contributed by atoms with Gasteiger partial charge >= 0.3 is 0 Å². The van der Waals surface area contributed by atoms with E-state index in [-0.39, 0.29) is 6.17 Å². The van der Waals surface area contributed by atoms with Gasteiger partial charge in [-0.3, -0.25) is 0 Å². The third-order valence-electron chi connectivity index (χ3n) is 2.12. The van der Waals surface area contributed by atoms with Gasteiger partial charge in [0.25, 0.3) is 0 Å². The molecule has 0 aliphatic carbocycles. The number of hydrogen-bond acceptors (Lipinski definition) is 4. The van der Waals surface area contributed by atoms with Crippen LogP contribution in [0.3, 0.4) is 0 Å². The van der Waals surface area contributed by atoms with Crippen LogP contribution in [0.5, 0.6) is 0 Å². The van der Waals surface area contributed by atoms with Crippen molar-refractivity contribution < 1.29 is 0 Å². The molecule has 1 aliphatic heterocycles. The maximum atomic E-state index is 4.11. The molecule has 0 amide bonds. The summed E-state index contributed by atoms with van der Waals surface area (Å²) in [7, 11) is 0. The molecule has 0 aromatic rings. The highest BCUT2D eigenvalue weighted by Gasteiger charge is 2.11. The summed E-state index contributed by atoms with van der Waals surface area (Å²) in [5.74, 6) is 0. The molecule has 4 nitrogen and oxygen atoms in total. The van der Waals surface area contributed by atoms with Crippen LogP contribution in [0.1, 0.15) is 33.1 Å². The number of nitrogens with zero attached hydrogens (tertiary/aromatic N) is 3. The van der Waals surface area contributed by atoms with Crippen LogP contribution in [0.25, 0.3) is 0 Å². The van der Waals surface area contributed by atoms with Crippen molar-refractivity contribution in [1.82, 2.24) is 10.4 Å². The Balaban J connectivity index is 2.18. The first kappa shape index (κ1) is 10.6. The summed E-state index contributed by atoms with van der Waals surface area (Å²) in [6.07, 6.45) is 4.08. The first-order valence-electron chi connectivity index (χ1n) is 5.20. The van der Waals surface area contributed by atoms with Crippen LogP contribution in [0.2, 0.25) is 0 Å². The van der Waals surface area contributed by atoms with E-state index >= 15 is 0 Å². The van der Waals surface area contributed by atoms with Gasteiger partial charge in [0.1, 0.15) is 6.17 Å². The van der Waals surface area contributed by atoms with Crippen LogP contribution < -0.4 is 5.43 Å². The van der Waals surface area contributed by atoms with Gasteiger partial charge in [0.2, 0.25) is 0 Å². The molecule has 4 heteroatoms. The lowest BCUT2D eigenvalue weighted by molar-refractivity contribution is 0.133. The second-order valence-corrected chi connectivity index (χ2v) is 3.43. The lowest BCUT2D eigenvalue weighted by atomic mass is 10.2. The molecule has 1 fully saturated rings. The molecule has 1 saturated heterocycles. The SMILES string of the molecule is CCN=NC(C)NN1CCCCC1. The highest BCUT2D eigenvalue weighted by Crippen LogP contribution is 2.06. The molecule has 0 bridgehead atoms. The Morgan fingerprint density at radius 1 is 1.31 bits per heavy atom. The van der Waals surface area contributed by atoms with Gasteiger partial charge in [-0.2, -0.15) is 10.2 Å². The van der Waals surface area contributed by atoms with Crippen molar-refractivity contribution in [2.24, 2.45) is 10.2 Å². The van der Waals surface area contributed by atoms with Crippen LogP contribution >= 0.6 is 0 Å². The van der Waals surface area contributed by atoms with E-state index in [2.05, 4.69) is 20.7 Å². The fourth-order valence-electron chi connectivity index (χ4n) is 1.52. The minimum atomic E-state index is 0.123. The average Bonchev–Trinajstić information content (AvgIpc) is 2.16. The Kier molecular flexibility index (Phi) is 4.93. The number of rotatable bonds is 4. The Bertz CT molecular complexity index is 152. The van der Waals surface area contributed by atoms with Crippen molar-refractivity contribution in [1.29, 1.82) is 0 Å². The minimum Gasteiger partial charge on any atom is -0.242 e. The van der Waals surface area contributed by atoms with Gasteiger partial charge in [0.15, 0.2) is 0 Å². The molecule has 1 unspecified atom stereocenters. The highest BCUT2D eigenvalue weighted by atomic mass is 15.5. The van der Waals surface area contributed by atoms with E-state index in [4.69, 9.17) is 0 Å². The monoisotopic (exact) mass is 184 g/mol. The number of piperidine rings is 1. The van der Waals surface area contributed by atoms with Gasteiger partial charge in [0.05, 0.1) is 6.54 Å². The van der Waals surface area contributed by atoms with Crippen LogP contribution in [0.15, 0.2) is 10.2 Å². The quantitative estimate of drug-likeness (QED) is 0.677. The second kappa shape index (κ2) is 6.05. The molecule has 1 aliphatic rings. The average molecular weight is 184 g/mol. The van der Waals surface area contributed by atoms with Crippen molar-refractivity contribution in [3.05, 3.63) is 0 Å². The Labute approximate surface area is 80.4 Å². The molecular weight excluding hydrogens is 164 g/mol. The summed E-state index contributed by atoms with van der Waals surface area (Å²) in [5.41, 5.74) is 3.33. The molecule has 0 spiro atoms. The lowest BCUT2D eigenvalue weighted by Gasteiger charge is -2.28. The van der Waals surface area contributed by atoms with Gasteiger partial charge in [-0.05, 0) is 26.7 Å². The van der Waals surface area contributed by atoms with E-state index in [1.54, 1.807) is 0 Å². The summed E-state index contributed by atoms with van der Waals surface area (Å²) >= 11 is 0. The molecule has 1 N–H and O–H groups in total. The fraction of sp³-hybridized carbons (Fsp3) is 1.00. The zero-order valence-corrected chi connectivity index (χ0v) is 8.66. The second-order valence-electron chi connectivity index (χ2n) is 3.43. The topological polar surface area (TPSA) is 40.0 Å². The molecule has 0 radical (unpaired) electrons. The summed E-state index contributed by atoms with van der Waals surface area (Å²) in [5, 5.41) is 10.3.